The molecule has 0 radical (unpaired) electrons. The van der Waals surface area contributed by atoms with E-state index in [0.717, 1.165) is 0 Å². The minimum atomic E-state index is -1.45. The highest BCUT2D eigenvalue weighted by atomic mass is 16.5. The molecule has 21 heteroatoms. The van der Waals surface area contributed by atoms with Crippen LogP contribution in [0.5, 0.6) is 121 Å². The summed E-state index contributed by atoms with van der Waals surface area (Å²) < 4.78 is 22.2. The number of aromatic hydroxyl groups is 18. The maximum absolute atomic E-state index is 15.8. The predicted octanol–water partition coefficient (Wildman–Crippen LogP) is 18.2. The zero-order valence-corrected chi connectivity index (χ0v) is 62.6. The van der Waals surface area contributed by atoms with Gasteiger partial charge in [0.05, 0.1) is 17.8 Å². The van der Waals surface area contributed by atoms with Crippen molar-refractivity contribution in [2.24, 2.45) is 0 Å². The molecule has 3 heterocycles. The number of phenolic OH excluding ortho intramolecular Hbond substituents is 18. The molecule has 14 unspecified atom stereocenters. The molecule has 0 saturated heterocycles. The van der Waals surface area contributed by atoms with Crippen molar-refractivity contribution in [3.63, 3.8) is 0 Å². The van der Waals surface area contributed by atoms with E-state index in [4.69, 9.17) is 14.2 Å². The van der Waals surface area contributed by atoms with Gasteiger partial charge in [-0.1, -0.05) is 84.9 Å². The SMILES string of the molecule is Oc1ccc(C2Oc3cc(O)cc(C4c5c(O)c(C(c6ccc(O)cc6)C6c7cc(O)cc(O)c7C(c7ccc(O)cc7)C6c6cc(O)cc7c6C(c6cc(O)cc(O)c6)C(c6ccc(O)cc6)O7)c6c7c5C(C(c5ccc(O)cc5)c5c(O)cc(O)cc5C7C(c5ccc(O)cc5)O6)C4c4ccc(O)cc4)c3C2c2cc(O)cc(O)c2)cc1. The molecular formula is C98H74O21. The molecule has 119 heavy (non-hydrogen) atoms. The normalized spacial score (nSPS) is 22.1. The monoisotopic (exact) mass is 1590 g/mol. The van der Waals surface area contributed by atoms with Gasteiger partial charge in [-0.25, -0.2) is 0 Å². The minimum Gasteiger partial charge on any atom is -0.508 e. The van der Waals surface area contributed by atoms with Gasteiger partial charge in [0, 0.05) is 123 Å². The van der Waals surface area contributed by atoms with Gasteiger partial charge in [-0.15, -0.1) is 0 Å². The number of hydrogen-bond donors (Lipinski definition) is 18. The summed E-state index contributed by atoms with van der Waals surface area (Å²) in [6.45, 7) is 0. The Bertz CT molecular complexity index is 6410. The first kappa shape index (κ1) is 72.8. The van der Waals surface area contributed by atoms with E-state index >= 15 is 5.11 Å². The predicted molar refractivity (Wildman–Crippen MR) is 434 cm³/mol. The second-order valence-electron chi connectivity index (χ2n) is 31.9. The number of benzene rings is 14. The number of rotatable bonds is 13. The van der Waals surface area contributed by atoms with Crippen LogP contribution in [0.2, 0.25) is 0 Å². The third-order valence-electron chi connectivity index (χ3n) is 25.3. The summed E-state index contributed by atoms with van der Waals surface area (Å²) in [5.41, 5.74) is 7.42. The summed E-state index contributed by atoms with van der Waals surface area (Å²) >= 11 is 0. The Labute approximate surface area is 678 Å². The third kappa shape index (κ3) is 11.7. The van der Waals surface area contributed by atoms with Gasteiger partial charge >= 0.3 is 0 Å². The van der Waals surface area contributed by atoms with E-state index in [0.29, 0.717) is 89.0 Å². The average Bonchev–Trinajstić information content (AvgIpc) is 1.50. The maximum atomic E-state index is 15.8. The van der Waals surface area contributed by atoms with Crippen molar-refractivity contribution in [1.29, 1.82) is 0 Å². The number of fused-ring (bicyclic) bond motifs is 5. The summed E-state index contributed by atoms with van der Waals surface area (Å²) in [5.74, 6) is -17.4. The van der Waals surface area contributed by atoms with Gasteiger partial charge in [-0.3, -0.25) is 0 Å². The highest BCUT2D eigenvalue weighted by molar-refractivity contribution is 5.79. The molecule has 21 nitrogen and oxygen atoms in total. The fourth-order valence-corrected chi connectivity index (χ4v) is 21.0. The Balaban J connectivity index is 0.968. The van der Waals surface area contributed by atoms with E-state index in [-0.39, 0.29) is 131 Å². The van der Waals surface area contributed by atoms with E-state index in [1.807, 2.05) is 0 Å². The van der Waals surface area contributed by atoms with Gasteiger partial charge in [0.1, 0.15) is 139 Å². The van der Waals surface area contributed by atoms with Crippen molar-refractivity contribution >= 4 is 0 Å². The lowest BCUT2D eigenvalue weighted by Gasteiger charge is -2.36. The van der Waals surface area contributed by atoms with Crippen LogP contribution in [0.3, 0.4) is 0 Å². The van der Waals surface area contributed by atoms with Crippen LogP contribution in [0.15, 0.2) is 255 Å². The van der Waals surface area contributed by atoms with Crippen LogP contribution >= 0.6 is 0 Å². The molecule has 6 aliphatic rings. The molecule has 0 bridgehead atoms. The van der Waals surface area contributed by atoms with E-state index < -0.39 is 101 Å². The van der Waals surface area contributed by atoms with Crippen molar-refractivity contribution in [2.75, 3.05) is 0 Å². The van der Waals surface area contributed by atoms with Gasteiger partial charge in [-0.05, 0) is 211 Å². The van der Waals surface area contributed by atoms with Gasteiger partial charge in [0.15, 0.2) is 0 Å². The fourth-order valence-electron chi connectivity index (χ4n) is 21.0. The van der Waals surface area contributed by atoms with E-state index in [1.54, 1.807) is 103 Å². The van der Waals surface area contributed by atoms with Gasteiger partial charge in [0.25, 0.3) is 0 Å². The molecule has 0 fully saturated rings. The van der Waals surface area contributed by atoms with Crippen LogP contribution in [0.4, 0.5) is 0 Å². The van der Waals surface area contributed by atoms with Crippen LogP contribution in [-0.2, 0) is 0 Å². The number of phenols is 18. The number of hydrogen-bond acceptors (Lipinski definition) is 21. The van der Waals surface area contributed by atoms with Crippen LogP contribution in [0.1, 0.15) is 200 Å². The summed E-state index contributed by atoms with van der Waals surface area (Å²) in [6.07, 6.45) is -3.36. The first-order valence-corrected chi connectivity index (χ1v) is 38.7. The van der Waals surface area contributed by atoms with Crippen LogP contribution < -0.4 is 14.2 Å². The van der Waals surface area contributed by atoms with Crippen LogP contribution in [-0.4, -0.2) is 91.9 Å². The molecule has 14 atom stereocenters. The van der Waals surface area contributed by atoms with Crippen molar-refractivity contribution < 1.29 is 106 Å². The molecule has 0 amide bonds. The van der Waals surface area contributed by atoms with E-state index in [9.17, 15) is 86.8 Å². The lowest BCUT2D eigenvalue weighted by atomic mass is 9.66. The quantitative estimate of drug-likeness (QED) is 0.0510. The first-order valence-electron chi connectivity index (χ1n) is 38.7. The third-order valence-corrected chi connectivity index (χ3v) is 25.3. The number of ether oxygens (including phenoxy) is 3. The summed E-state index contributed by atoms with van der Waals surface area (Å²) in [5, 5.41) is 218. The van der Waals surface area contributed by atoms with E-state index in [1.165, 1.54) is 152 Å². The van der Waals surface area contributed by atoms with Gasteiger partial charge in [0.2, 0.25) is 0 Å². The molecule has 0 aromatic heterocycles. The van der Waals surface area contributed by atoms with Gasteiger partial charge < -0.3 is 106 Å². The molecule has 14 aromatic carbocycles. The standard InChI is InChI=1S/C98H74O21/c99-52-15-1-43(2-16-52)75-81-67(35-63(110)39-71(81)114)85(86(75)69-37-65(112)41-73-83(69)79(50-29-59(106)33-60(107)30-50)95(117-73)47-9-23-56(103)24-10-47)78(46-7-21-55(102)22-8-46)93-94(116)91-87(70-38-66(113)42-74-84(70)80(51-31-61(108)34-62(109)32-51)96(118-74)48-11-25-57(104)26-12-48)77(45-5-19-54(101)20-6-45)89-76(44-3-17-53(100)18-4-44)82-68(36-64(111)40-72(82)115)88-92(90(89)91)98(93)119-97(88)49-13-27-58(105)28-14-49/h1-42,75-80,85-89,95-97,99-116H. The first-order chi connectivity index (χ1) is 57.4. The lowest BCUT2D eigenvalue weighted by Crippen LogP contribution is -2.22. The molecule has 3 aliphatic carbocycles. The zero-order valence-electron chi connectivity index (χ0n) is 62.6. The molecule has 14 aromatic rings. The molecule has 592 valence electrons. The summed E-state index contributed by atoms with van der Waals surface area (Å²) in [4.78, 5) is 0. The fraction of sp³-hybridized carbons (Fsp3) is 0.143. The highest BCUT2D eigenvalue weighted by Gasteiger charge is 2.61. The van der Waals surface area contributed by atoms with Crippen molar-refractivity contribution in [3.8, 4) is 121 Å². The van der Waals surface area contributed by atoms with Crippen LogP contribution in [0.25, 0.3) is 0 Å². The van der Waals surface area contributed by atoms with Gasteiger partial charge in [-0.2, -0.15) is 0 Å². The van der Waals surface area contributed by atoms with Crippen LogP contribution in [0, 0.1) is 0 Å². The van der Waals surface area contributed by atoms with Crippen molar-refractivity contribution in [2.45, 2.75) is 83.4 Å². The molecule has 0 spiro atoms. The molecule has 18 N–H and O–H groups in total. The maximum Gasteiger partial charge on any atom is 0.135 e. The Kier molecular flexibility index (Phi) is 16.7. The molecular weight excluding hydrogens is 1510 g/mol. The Morgan fingerprint density at radius 1 is 0.210 bits per heavy atom. The Morgan fingerprint density at radius 3 is 0.983 bits per heavy atom. The minimum absolute atomic E-state index is 0.0175. The highest BCUT2D eigenvalue weighted by Crippen LogP contribution is 2.76. The van der Waals surface area contributed by atoms with E-state index in [2.05, 4.69) is 0 Å². The summed E-state index contributed by atoms with van der Waals surface area (Å²) in [7, 11) is 0. The smallest absolute Gasteiger partial charge is 0.135 e. The average molecular weight is 1590 g/mol. The molecule has 3 aliphatic heterocycles. The zero-order chi connectivity index (χ0) is 82.2. The second-order valence-corrected chi connectivity index (χ2v) is 31.9. The molecule has 0 saturated carbocycles. The second kappa shape index (κ2) is 27.3. The Hall–Kier alpha value is -15.1. The summed E-state index contributed by atoms with van der Waals surface area (Å²) in [6, 6.07) is 64.1. The largest absolute Gasteiger partial charge is 0.508 e. The van der Waals surface area contributed by atoms with Crippen molar-refractivity contribution in [3.05, 3.63) is 372 Å². The lowest BCUT2D eigenvalue weighted by molar-refractivity contribution is 0.218. The molecule has 20 rings (SSSR count). The topological polar surface area (TPSA) is 392 Å². The van der Waals surface area contributed by atoms with Crippen molar-refractivity contribution in [1.82, 2.24) is 0 Å². The Morgan fingerprint density at radius 2 is 0.546 bits per heavy atom.